The lowest BCUT2D eigenvalue weighted by atomic mass is 10.1. The van der Waals surface area contributed by atoms with Gasteiger partial charge >= 0.3 is 0 Å². The first-order valence-corrected chi connectivity index (χ1v) is 8.94. The van der Waals surface area contributed by atoms with Crippen LogP contribution in [0.5, 0.6) is 5.88 Å². The summed E-state index contributed by atoms with van der Waals surface area (Å²) in [5, 5.41) is 8.72. The van der Waals surface area contributed by atoms with Gasteiger partial charge in [0.15, 0.2) is 0 Å². The first-order valence-electron chi connectivity index (χ1n) is 8.94. The van der Waals surface area contributed by atoms with Gasteiger partial charge in [0.25, 0.3) is 0 Å². The second-order valence-electron chi connectivity index (χ2n) is 6.72. The van der Waals surface area contributed by atoms with Gasteiger partial charge in [0, 0.05) is 62.5 Å². The van der Waals surface area contributed by atoms with E-state index in [1.54, 1.807) is 23.3 Å². The minimum Gasteiger partial charge on any atom is -0.471 e. The van der Waals surface area contributed by atoms with Crippen molar-refractivity contribution in [2.75, 3.05) is 6.54 Å². The van der Waals surface area contributed by atoms with Crippen molar-refractivity contribution in [1.29, 1.82) is 0 Å². The molecule has 27 heavy (non-hydrogen) atoms. The van der Waals surface area contributed by atoms with E-state index >= 15 is 0 Å². The molecule has 0 bridgehead atoms. The van der Waals surface area contributed by atoms with Crippen LogP contribution in [0.15, 0.2) is 36.8 Å². The van der Waals surface area contributed by atoms with Crippen LogP contribution in [0.2, 0.25) is 0 Å². The van der Waals surface area contributed by atoms with Crippen LogP contribution in [-0.2, 0) is 38.0 Å². The molecule has 1 aliphatic rings. The zero-order valence-corrected chi connectivity index (χ0v) is 15.5. The Morgan fingerprint density at radius 3 is 3.00 bits per heavy atom. The number of amides is 1. The maximum Gasteiger partial charge on any atom is 0.244 e. The van der Waals surface area contributed by atoms with Gasteiger partial charge in [0.2, 0.25) is 11.8 Å². The van der Waals surface area contributed by atoms with Crippen LogP contribution in [0, 0.1) is 6.92 Å². The molecule has 0 atom stereocenters. The fourth-order valence-corrected chi connectivity index (χ4v) is 3.36. The van der Waals surface area contributed by atoms with Crippen LogP contribution >= 0.6 is 0 Å². The average molecular weight is 366 g/mol. The third kappa shape index (κ3) is 3.69. The van der Waals surface area contributed by atoms with E-state index in [9.17, 15) is 4.79 Å². The predicted molar refractivity (Wildman–Crippen MR) is 97.9 cm³/mol. The van der Waals surface area contributed by atoms with Gasteiger partial charge in [0.05, 0.1) is 0 Å². The highest BCUT2D eigenvalue weighted by atomic mass is 16.5. The van der Waals surface area contributed by atoms with Gasteiger partial charge in [-0.15, -0.1) is 0 Å². The van der Waals surface area contributed by atoms with E-state index in [4.69, 9.17) is 4.74 Å². The van der Waals surface area contributed by atoms with E-state index in [2.05, 4.69) is 15.2 Å². The molecule has 0 radical (unpaired) electrons. The molecule has 0 spiro atoms. The Balaban J connectivity index is 1.47. The molecule has 3 aromatic heterocycles. The molecule has 140 valence electrons. The summed E-state index contributed by atoms with van der Waals surface area (Å²) < 4.78 is 9.37. The Bertz CT molecular complexity index is 947. The van der Waals surface area contributed by atoms with E-state index in [1.807, 2.05) is 41.8 Å². The third-order valence-corrected chi connectivity index (χ3v) is 4.78. The maximum atomic E-state index is 12.6. The van der Waals surface area contributed by atoms with Crippen molar-refractivity contribution in [3.63, 3.8) is 0 Å². The molecule has 0 saturated carbocycles. The number of hydrogen-bond acceptors (Lipinski definition) is 5. The van der Waals surface area contributed by atoms with E-state index < -0.39 is 0 Å². The van der Waals surface area contributed by atoms with Crippen LogP contribution in [0.1, 0.15) is 22.5 Å². The second kappa shape index (κ2) is 7.22. The fourth-order valence-electron chi connectivity index (χ4n) is 3.36. The Hall–Kier alpha value is -3.16. The molecule has 0 aliphatic carbocycles. The molecule has 0 saturated heterocycles. The lowest BCUT2D eigenvalue weighted by molar-refractivity contribution is -0.133. The van der Waals surface area contributed by atoms with E-state index in [0.717, 1.165) is 28.9 Å². The number of carbonyl (C=O) groups excluding carboxylic acids is 1. The van der Waals surface area contributed by atoms with Crippen LogP contribution in [0.4, 0.5) is 0 Å². The fraction of sp³-hybridized carbons (Fsp3) is 0.368. The zero-order valence-electron chi connectivity index (χ0n) is 15.5. The number of nitrogens with zero attached hydrogens (tertiary/aromatic N) is 6. The summed E-state index contributed by atoms with van der Waals surface area (Å²) in [4.78, 5) is 18.7. The highest BCUT2D eigenvalue weighted by molar-refractivity contribution is 5.76. The number of aromatic nitrogens is 5. The van der Waals surface area contributed by atoms with Gasteiger partial charge in [-0.1, -0.05) is 0 Å². The second-order valence-corrected chi connectivity index (χ2v) is 6.72. The van der Waals surface area contributed by atoms with E-state index in [-0.39, 0.29) is 12.5 Å². The molecular formula is C19H22N6O2. The summed E-state index contributed by atoms with van der Waals surface area (Å²) in [6.45, 7) is 3.82. The molecule has 0 fully saturated rings. The molecule has 3 aromatic rings. The van der Waals surface area contributed by atoms with Crippen LogP contribution in [-0.4, -0.2) is 41.9 Å². The Morgan fingerprint density at radius 2 is 2.22 bits per heavy atom. The van der Waals surface area contributed by atoms with E-state index in [0.29, 0.717) is 25.6 Å². The smallest absolute Gasteiger partial charge is 0.244 e. The molecule has 4 heterocycles. The predicted octanol–water partition coefficient (Wildman–Crippen LogP) is 1.48. The minimum absolute atomic E-state index is 0.0559. The molecule has 1 aliphatic heterocycles. The summed E-state index contributed by atoms with van der Waals surface area (Å²) in [7, 11) is 1.94. The van der Waals surface area contributed by atoms with Gasteiger partial charge < -0.3 is 9.64 Å². The quantitative estimate of drug-likeness (QED) is 0.684. The molecule has 0 aromatic carbocycles. The molecule has 8 heteroatoms. The van der Waals surface area contributed by atoms with Crippen molar-refractivity contribution in [2.45, 2.75) is 33.0 Å². The molecule has 0 N–H and O–H groups in total. The molecular weight excluding hydrogens is 344 g/mol. The van der Waals surface area contributed by atoms with Gasteiger partial charge in [-0.2, -0.15) is 10.2 Å². The topological polar surface area (TPSA) is 78.1 Å². The van der Waals surface area contributed by atoms with Crippen molar-refractivity contribution in [2.24, 2.45) is 7.05 Å². The third-order valence-electron chi connectivity index (χ3n) is 4.78. The summed E-state index contributed by atoms with van der Waals surface area (Å²) >= 11 is 0. The van der Waals surface area contributed by atoms with Crippen molar-refractivity contribution in [3.8, 4) is 5.88 Å². The number of fused-ring (bicyclic) bond motifs is 1. The number of hydrogen-bond donors (Lipinski definition) is 0. The van der Waals surface area contributed by atoms with Crippen molar-refractivity contribution in [1.82, 2.24) is 29.4 Å². The summed E-state index contributed by atoms with van der Waals surface area (Å²) in [5.74, 6) is 0.636. The number of rotatable bonds is 5. The van der Waals surface area contributed by atoms with Crippen LogP contribution in [0.3, 0.4) is 0 Å². The monoisotopic (exact) mass is 366 g/mol. The average Bonchev–Trinajstić information content (AvgIpc) is 3.28. The lowest BCUT2D eigenvalue weighted by Crippen LogP contribution is -2.38. The van der Waals surface area contributed by atoms with Crippen molar-refractivity contribution in [3.05, 3.63) is 59.3 Å². The van der Waals surface area contributed by atoms with Gasteiger partial charge in [-0.05, 0) is 24.6 Å². The molecule has 1 amide bonds. The number of pyridine rings is 1. The zero-order chi connectivity index (χ0) is 18.8. The molecule has 0 unspecified atom stereocenters. The van der Waals surface area contributed by atoms with Crippen molar-refractivity contribution >= 4 is 5.91 Å². The van der Waals surface area contributed by atoms with Crippen LogP contribution < -0.4 is 4.74 Å². The normalized spacial score (nSPS) is 13.5. The summed E-state index contributed by atoms with van der Waals surface area (Å²) in [6.07, 6.45) is 5.99. The standard InChI is InChI=1S/C19H22N6O2/c1-14-4-7-20-18(10-14)27-13-16-15-11-24(9-5-17(15)23(2)22-16)19(26)12-25-8-3-6-21-25/h3-4,6-8,10H,5,9,11-13H2,1-2H3. The Kier molecular flexibility index (Phi) is 4.62. The summed E-state index contributed by atoms with van der Waals surface area (Å²) in [5.41, 5.74) is 4.19. The molecule has 4 rings (SSSR count). The first kappa shape index (κ1) is 17.3. The maximum absolute atomic E-state index is 12.6. The number of ether oxygens (including phenoxy) is 1. The van der Waals surface area contributed by atoms with Crippen molar-refractivity contribution < 1.29 is 9.53 Å². The minimum atomic E-state index is 0.0559. The van der Waals surface area contributed by atoms with Gasteiger partial charge in [-0.3, -0.25) is 14.2 Å². The van der Waals surface area contributed by atoms with Gasteiger partial charge in [0.1, 0.15) is 18.8 Å². The van der Waals surface area contributed by atoms with E-state index in [1.165, 1.54) is 0 Å². The molecule has 8 nitrogen and oxygen atoms in total. The SMILES string of the molecule is Cc1ccnc(OCc2nn(C)c3c2CN(C(=O)Cn2cccn2)CC3)c1. The first-order chi connectivity index (χ1) is 13.1. The number of carbonyl (C=O) groups is 1. The Labute approximate surface area is 157 Å². The highest BCUT2D eigenvalue weighted by Gasteiger charge is 2.27. The lowest BCUT2D eigenvalue weighted by Gasteiger charge is -2.27. The summed E-state index contributed by atoms with van der Waals surface area (Å²) in [6, 6.07) is 5.64. The number of aryl methyl sites for hydroxylation is 2. The highest BCUT2D eigenvalue weighted by Crippen LogP contribution is 2.23. The Morgan fingerprint density at radius 1 is 1.33 bits per heavy atom. The van der Waals surface area contributed by atoms with Crippen LogP contribution in [0.25, 0.3) is 0 Å². The largest absolute Gasteiger partial charge is 0.471 e. The van der Waals surface area contributed by atoms with Gasteiger partial charge in [-0.25, -0.2) is 4.98 Å².